The molecule has 188 valence electrons. The minimum atomic E-state index is -0.712. The molecular formula is C27H36N4O4. The highest BCUT2D eigenvalue weighted by Gasteiger charge is 2.26. The summed E-state index contributed by atoms with van der Waals surface area (Å²) in [5.74, 6) is 0.712. The molecule has 2 amide bonds. The van der Waals surface area contributed by atoms with E-state index in [2.05, 4.69) is 27.8 Å². The van der Waals surface area contributed by atoms with Crippen molar-refractivity contribution in [2.24, 2.45) is 5.92 Å². The Kier molecular flexibility index (Phi) is 8.36. The van der Waals surface area contributed by atoms with E-state index in [4.69, 9.17) is 4.74 Å². The fraction of sp³-hybridized carbons (Fsp3) is 0.519. The van der Waals surface area contributed by atoms with E-state index in [1.807, 2.05) is 24.0 Å². The maximum absolute atomic E-state index is 13.1. The number of aromatic nitrogens is 1. The van der Waals surface area contributed by atoms with Crippen molar-refractivity contribution in [1.29, 1.82) is 0 Å². The van der Waals surface area contributed by atoms with Crippen molar-refractivity contribution in [2.75, 3.05) is 26.2 Å². The number of benzene rings is 1. The van der Waals surface area contributed by atoms with Crippen molar-refractivity contribution in [3.8, 4) is 5.75 Å². The summed E-state index contributed by atoms with van der Waals surface area (Å²) in [4.78, 5) is 31.1. The van der Waals surface area contributed by atoms with E-state index in [1.165, 1.54) is 11.1 Å². The molecule has 3 heterocycles. The molecule has 1 saturated heterocycles. The molecule has 2 aliphatic rings. The van der Waals surface area contributed by atoms with E-state index >= 15 is 0 Å². The number of piperidine rings is 1. The highest BCUT2D eigenvalue weighted by Crippen LogP contribution is 2.24. The molecule has 2 aliphatic heterocycles. The Bertz CT molecular complexity index is 1040. The maximum atomic E-state index is 13.1. The van der Waals surface area contributed by atoms with Crippen LogP contribution in [0.5, 0.6) is 5.75 Å². The molecule has 8 heteroatoms. The van der Waals surface area contributed by atoms with Gasteiger partial charge in [-0.2, -0.15) is 0 Å². The molecule has 8 nitrogen and oxygen atoms in total. The maximum Gasteiger partial charge on any atom is 0.255 e. The quantitative estimate of drug-likeness (QED) is 0.535. The van der Waals surface area contributed by atoms with Crippen molar-refractivity contribution in [3.05, 3.63) is 58.9 Å². The number of nitrogens with one attached hydrogen (secondary N) is 2. The number of ether oxygens (including phenoxy) is 1. The van der Waals surface area contributed by atoms with Crippen LogP contribution in [0, 0.1) is 5.92 Å². The molecule has 0 radical (unpaired) electrons. The molecule has 0 aliphatic carbocycles. The first-order valence-electron chi connectivity index (χ1n) is 12.6. The van der Waals surface area contributed by atoms with Crippen molar-refractivity contribution >= 4 is 11.8 Å². The number of fused-ring (bicyclic) bond motifs is 1. The number of likely N-dealkylation sites (tertiary alicyclic amines) is 1. The SMILES string of the molecule is CCOc1cnc(CC2CCN(C(C)=O)CC2)cc1C(=O)NC[C@@H](O)[C@@H]1Cc2ccccc2CN1. The zero-order chi connectivity index (χ0) is 24.8. The van der Waals surface area contributed by atoms with E-state index in [0.717, 1.165) is 44.5 Å². The van der Waals surface area contributed by atoms with E-state index in [-0.39, 0.29) is 24.4 Å². The molecule has 1 aromatic heterocycles. The highest BCUT2D eigenvalue weighted by molar-refractivity contribution is 5.97. The van der Waals surface area contributed by atoms with Gasteiger partial charge in [0, 0.05) is 44.8 Å². The molecule has 2 aromatic rings. The van der Waals surface area contributed by atoms with Crippen LogP contribution in [0.4, 0.5) is 0 Å². The van der Waals surface area contributed by atoms with Gasteiger partial charge < -0.3 is 25.4 Å². The Balaban J connectivity index is 1.36. The largest absolute Gasteiger partial charge is 0.491 e. The summed E-state index contributed by atoms with van der Waals surface area (Å²) in [5.41, 5.74) is 3.75. The molecule has 1 aromatic carbocycles. The second-order valence-electron chi connectivity index (χ2n) is 9.50. The van der Waals surface area contributed by atoms with Gasteiger partial charge in [-0.25, -0.2) is 0 Å². The lowest BCUT2D eigenvalue weighted by atomic mass is 9.91. The molecule has 0 spiro atoms. The summed E-state index contributed by atoms with van der Waals surface area (Å²) in [6, 6.07) is 9.90. The van der Waals surface area contributed by atoms with Gasteiger partial charge in [-0.05, 0) is 55.7 Å². The first-order valence-corrected chi connectivity index (χ1v) is 12.6. The second-order valence-corrected chi connectivity index (χ2v) is 9.50. The minimum Gasteiger partial charge on any atom is -0.491 e. The van der Waals surface area contributed by atoms with Crippen LogP contribution in [-0.2, 0) is 24.2 Å². The summed E-state index contributed by atoms with van der Waals surface area (Å²) < 4.78 is 5.66. The lowest BCUT2D eigenvalue weighted by Crippen LogP contribution is -2.49. The van der Waals surface area contributed by atoms with E-state index < -0.39 is 6.10 Å². The van der Waals surface area contributed by atoms with Crippen LogP contribution in [0.15, 0.2) is 36.5 Å². The number of carbonyl (C=O) groups excluding carboxylic acids is 2. The van der Waals surface area contributed by atoms with Gasteiger partial charge in [0.15, 0.2) is 0 Å². The van der Waals surface area contributed by atoms with Gasteiger partial charge in [-0.3, -0.25) is 14.6 Å². The summed E-state index contributed by atoms with van der Waals surface area (Å²) in [7, 11) is 0. The second kappa shape index (κ2) is 11.6. The van der Waals surface area contributed by atoms with Crippen LogP contribution >= 0.6 is 0 Å². The number of hydrogen-bond acceptors (Lipinski definition) is 6. The molecule has 4 rings (SSSR count). The third kappa shape index (κ3) is 6.38. The molecule has 0 unspecified atom stereocenters. The van der Waals surface area contributed by atoms with Gasteiger partial charge in [0.2, 0.25) is 5.91 Å². The van der Waals surface area contributed by atoms with Crippen LogP contribution in [0.1, 0.15) is 53.9 Å². The van der Waals surface area contributed by atoms with Crippen molar-refractivity contribution in [3.63, 3.8) is 0 Å². The minimum absolute atomic E-state index is 0.120. The molecule has 2 atom stereocenters. The number of aliphatic hydroxyl groups is 1. The van der Waals surface area contributed by atoms with Crippen molar-refractivity contribution < 1.29 is 19.4 Å². The van der Waals surface area contributed by atoms with E-state index in [0.29, 0.717) is 30.4 Å². The number of carbonyl (C=O) groups is 2. The lowest BCUT2D eigenvalue weighted by molar-refractivity contribution is -0.130. The lowest BCUT2D eigenvalue weighted by Gasteiger charge is -2.31. The Morgan fingerprint density at radius 1 is 1.26 bits per heavy atom. The summed E-state index contributed by atoms with van der Waals surface area (Å²) in [5, 5.41) is 17.0. The van der Waals surface area contributed by atoms with Gasteiger partial charge in [0.05, 0.1) is 24.5 Å². The standard InChI is InChI=1S/C27H36N4O4/c1-3-35-26-17-28-22(12-19-8-10-31(11-9-19)18(2)32)14-23(26)27(34)30-16-25(33)24-13-20-6-4-5-7-21(20)15-29-24/h4-7,14,17,19,24-25,29,33H,3,8-13,15-16H2,1-2H3,(H,30,34)/t24-,25+/m0/s1. The normalized spacial score (nSPS) is 19.1. The Morgan fingerprint density at radius 2 is 2.00 bits per heavy atom. The van der Waals surface area contributed by atoms with Gasteiger partial charge in [0.25, 0.3) is 5.91 Å². The Morgan fingerprint density at radius 3 is 2.71 bits per heavy atom. The average molecular weight is 481 g/mol. The van der Waals surface area contributed by atoms with Gasteiger partial charge in [0.1, 0.15) is 5.75 Å². The van der Waals surface area contributed by atoms with Crippen molar-refractivity contribution in [2.45, 2.75) is 58.2 Å². The smallest absolute Gasteiger partial charge is 0.255 e. The number of amides is 2. The Labute approximate surface area is 207 Å². The topological polar surface area (TPSA) is 104 Å². The van der Waals surface area contributed by atoms with Gasteiger partial charge >= 0.3 is 0 Å². The van der Waals surface area contributed by atoms with Gasteiger partial charge in [-0.1, -0.05) is 24.3 Å². The van der Waals surface area contributed by atoms with E-state index in [1.54, 1.807) is 19.2 Å². The number of hydrogen-bond donors (Lipinski definition) is 3. The number of nitrogens with zero attached hydrogens (tertiary/aromatic N) is 2. The zero-order valence-corrected chi connectivity index (χ0v) is 20.6. The van der Waals surface area contributed by atoms with Crippen LogP contribution in [0.25, 0.3) is 0 Å². The summed E-state index contributed by atoms with van der Waals surface area (Å²) >= 11 is 0. The van der Waals surface area contributed by atoms with Gasteiger partial charge in [-0.15, -0.1) is 0 Å². The Hall–Kier alpha value is -2.97. The summed E-state index contributed by atoms with van der Waals surface area (Å²) in [6.45, 7) is 6.29. The summed E-state index contributed by atoms with van der Waals surface area (Å²) in [6.07, 6.45) is 4.25. The average Bonchev–Trinajstić information content (AvgIpc) is 2.88. The molecular weight excluding hydrogens is 444 g/mol. The van der Waals surface area contributed by atoms with E-state index in [9.17, 15) is 14.7 Å². The van der Waals surface area contributed by atoms with Crippen LogP contribution in [0.3, 0.4) is 0 Å². The predicted molar refractivity (Wildman–Crippen MR) is 133 cm³/mol. The van der Waals surface area contributed by atoms with Crippen LogP contribution in [-0.4, -0.2) is 65.2 Å². The fourth-order valence-corrected chi connectivity index (χ4v) is 4.98. The third-order valence-electron chi connectivity index (χ3n) is 7.08. The molecule has 0 bridgehead atoms. The number of aliphatic hydroxyl groups excluding tert-OH is 1. The highest BCUT2D eigenvalue weighted by atomic mass is 16.5. The molecule has 0 saturated carbocycles. The molecule has 3 N–H and O–H groups in total. The molecule has 1 fully saturated rings. The molecule has 35 heavy (non-hydrogen) atoms. The monoisotopic (exact) mass is 480 g/mol. The van der Waals surface area contributed by atoms with Crippen LogP contribution < -0.4 is 15.4 Å². The number of rotatable bonds is 8. The van der Waals surface area contributed by atoms with Crippen LogP contribution in [0.2, 0.25) is 0 Å². The van der Waals surface area contributed by atoms with Crippen molar-refractivity contribution in [1.82, 2.24) is 20.5 Å². The fourth-order valence-electron chi connectivity index (χ4n) is 4.98. The first kappa shape index (κ1) is 25.1. The predicted octanol–water partition coefficient (Wildman–Crippen LogP) is 2.09. The number of pyridine rings is 1. The third-order valence-corrected chi connectivity index (χ3v) is 7.08. The zero-order valence-electron chi connectivity index (χ0n) is 20.6. The first-order chi connectivity index (χ1) is 16.9.